The third-order valence-corrected chi connectivity index (χ3v) is 2.74. The molecule has 6 heteroatoms. The second-order valence-electron chi connectivity index (χ2n) is 3.81. The summed E-state index contributed by atoms with van der Waals surface area (Å²) >= 11 is 0. The Hall–Kier alpha value is -2.26. The van der Waals surface area contributed by atoms with E-state index in [9.17, 15) is 4.39 Å². The maximum atomic E-state index is 13.9. The molecular formula is C12H12FN5. The number of halogens is 1. The molecule has 1 heterocycles. The van der Waals surface area contributed by atoms with Gasteiger partial charge in [-0.3, -0.25) is 0 Å². The normalized spacial score (nSPS) is 12.1. The summed E-state index contributed by atoms with van der Waals surface area (Å²) in [4.78, 5) is 3.78. The van der Waals surface area contributed by atoms with Crippen LogP contribution in [0.2, 0.25) is 0 Å². The van der Waals surface area contributed by atoms with Gasteiger partial charge in [0, 0.05) is 6.04 Å². The monoisotopic (exact) mass is 245 g/mol. The molecule has 1 aromatic heterocycles. The zero-order valence-electron chi connectivity index (χ0n) is 10.1. The Bertz CT molecular complexity index is 599. The molecule has 0 aliphatic carbocycles. The second-order valence-corrected chi connectivity index (χ2v) is 3.81. The van der Waals surface area contributed by atoms with Crippen molar-refractivity contribution in [3.63, 3.8) is 0 Å². The first-order valence-corrected chi connectivity index (χ1v) is 5.45. The van der Waals surface area contributed by atoms with E-state index in [0.29, 0.717) is 5.69 Å². The molecule has 2 rings (SSSR count). The van der Waals surface area contributed by atoms with E-state index in [1.54, 1.807) is 13.1 Å². The topological polar surface area (TPSA) is 66.5 Å². The van der Waals surface area contributed by atoms with E-state index >= 15 is 0 Å². The van der Waals surface area contributed by atoms with Crippen LogP contribution >= 0.6 is 0 Å². The highest BCUT2D eigenvalue weighted by molar-refractivity contribution is 5.43. The van der Waals surface area contributed by atoms with Crippen molar-refractivity contribution in [3.05, 3.63) is 41.7 Å². The molecule has 0 aliphatic rings. The van der Waals surface area contributed by atoms with E-state index in [2.05, 4.69) is 15.4 Å². The maximum Gasteiger partial charge on any atom is 0.252 e. The molecule has 92 valence electrons. The first-order chi connectivity index (χ1) is 8.67. The minimum Gasteiger partial charge on any atom is -0.313 e. The van der Waals surface area contributed by atoms with Crippen LogP contribution in [0.4, 0.5) is 4.39 Å². The number of aromatic nitrogens is 3. The van der Waals surface area contributed by atoms with Gasteiger partial charge in [0.1, 0.15) is 23.9 Å². The van der Waals surface area contributed by atoms with Gasteiger partial charge >= 0.3 is 0 Å². The number of nitrogens with one attached hydrogen (secondary N) is 1. The van der Waals surface area contributed by atoms with Crippen LogP contribution in [0.25, 0.3) is 5.69 Å². The number of hydrogen-bond acceptors (Lipinski definition) is 4. The van der Waals surface area contributed by atoms with Crippen LogP contribution in [0, 0.1) is 17.1 Å². The number of nitriles is 1. The summed E-state index contributed by atoms with van der Waals surface area (Å²) in [7, 11) is 1.79. The summed E-state index contributed by atoms with van der Waals surface area (Å²) in [6.45, 7) is 1.92. The third kappa shape index (κ3) is 2.08. The third-order valence-electron chi connectivity index (χ3n) is 2.74. The van der Waals surface area contributed by atoms with Gasteiger partial charge in [0.25, 0.3) is 5.82 Å². The highest BCUT2D eigenvalue weighted by Crippen LogP contribution is 2.23. The van der Waals surface area contributed by atoms with Gasteiger partial charge in [0.05, 0.1) is 0 Å². The van der Waals surface area contributed by atoms with E-state index in [1.807, 2.05) is 19.1 Å². The second kappa shape index (κ2) is 4.94. The highest BCUT2D eigenvalue weighted by Gasteiger charge is 2.16. The molecule has 0 saturated carbocycles. The molecule has 1 N–H and O–H groups in total. The standard InChI is InChI=1S/C12H12FN5/c1-8(15-2)9-4-3-5-10(13)12(9)18-7-16-11(6-14)17-18/h3-5,7-8,15H,1-2H3. The summed E-state index contributed by atoms with van der Waals surface area (Å²) in [5.74, 6) is -0.384. The van der Waals surface area contributed by atoms with Gasteiger partial charge in [-0.05, 0) is 25.6 Å². The predicted molar refractivity (Wildman–Crippen MR) is 63.5 cm³/mol. The lowest BCUT2D eigenvalue weighted by Gasteiger charge is -2.15. The molecule has 0 radical (unpaired) electrons. The van der Waals surface area contributed by atoms with Crippen LogP contribution in [-0.4, -0.2) is 21.8 Å². The SMILES string of the molecule is CNC(C)c1cccc(F)c1-n1cnc(C#N)n1. The Morgan fingerprint density at radius 2 is 2.28 bits per heavy atom. The van der Waals surface area contributed by atoms with E-state index < -0.39 is 5.82 Å². The van der Waals surface area contributed by atoms with Crippen LogP contribution in [0.1, 0.15) is 24.4 Å². The van der Waals surface area contributed by atoms with Crippen molar-refractivity contribution in [1.82, 2.24) is 20.1 Å². The predicted octanol–water partition coefficient (Wildman–Crippen LogP) is 1.56. The van der Waals surface area contributed by atoms with Crippen LogP contribution in [0.15, 0.2) is 24.5 Å². The molecule has 0 fully saturated rings. The molecule has 2 aromatic rings. The molecule has 0 aliphatic heterocycles. The maximum absolute atomic E-state index is 13.9. The van der Waals surface area contributed by atoms with E-state index in [0.717, 1.165) is 5.56 Å². The molecule has 5 nitrogen and oxygen atoms in total. The van der Waals surface area contributed by atoms with Gasteiger partial charge in [-0.15, -0.1) is 5.10 Å². The minimum atomic E-state index is -0.399. The number of hydrogen-bond donors (Lipinski definition) is 1. The summed E-state index contributed by atoms with van der Waals surface area (Å²) in [5.41, 5.74) is 1.07. The van der Waals surface area contributed by atoms with Gasteiger partial charge in [-0.2, -0.15) is 5.26 Å². The average molecular weight is 245 g/mol. The fourth-order valence-electron chi connectivity index (χ4n) is 1.70. The summed E-state index contributed by atoms with van der Waals surface area (Å²) in [5, 5.41) is 15.7. The fourth-order valence-corrected chi connectivity index (χ4v) is 1.70. The lowest BCUT2D eigenvalue weighted by atomic mass is 10.1. The van der Waals surface area contributed by atoms with E-state index in [1.165, 1.54) is 17.1 Å². The van der Waals surface area contributed by atoms with Crippen molar-refractivity contribution in [1.29, 1.82) is 5.26 Å². The number of benzene rings is 1. The molecular weight excluding hydrogens is 233 g/mol. The molecule has 0 saturated heterocycles. The van der Waals surface area contributed by atoms with Crippen LogP contribution in [0.5, 0.6) is 0 Å². The van der Waals surface area contributed by atoms with Crippen molar-refractivity contribution in [2.24, 2.45) is 0 Å². The largest absolute Gasteiger partial charge is 0.313 e. The van der Waals surface area contributed by atoms with Crippen molar-refractivity contribution in [2.45, 2.75) is 13.0 Å². The highest BCUT2D eigenvalue weighted by atomic mass is 19.1. The van der Waals surface area contributed by atoms with Crippen molar-refractivity contribution in [3.8, 4) is 11.8 Å². The smallest absolute Gasteiger partial charge is 0.252 e. The Labute approximate surface area is 104 Å². The van der Waals surface area contributed by atoms with Crippen molar-refractivity contribution < 1.29 is 4.39 Å². The summed E-state index contributed by atoms with van der Waals surface area (Å²) < 4.78 is 15.2. The Morgan fingerprint density at radius 3 is 2.89 bits per heavy atom. The number of para-hydroxylation sites is 1. The molecule has 1 aromatic carbocycles. The van der Waals surface area contributed by atoms with E-state index in [-0.39, 0.29) is 11.9 Å². The molecule has 18 heavy (non-hydrogen) atoms. The van der Waals surface area contributed by atoms with Crippen LogP contribution in [-0.2, 0) is 0 Å². The Kier molecular flexibility index (Phi) is 3.35. The first-order valence-electron chi connectivity index (χ1n) is 5.45. The zero-order valence-corrected chi connectivity index (χ0v) is 10.1. The lowest BCUT2D eigenvalue weighted by Crippen LogP contribution is -2.16. The van der Waals surface area contributed by atoms with Crippen molar-refractivity contribution in [2.75, 3.05) is 7.05 Å². The molecule has 0 amide bonds. The average Bonchev–Trinajstić information content (AvgIpc) is 2.86. The first kappa shape index (κ1) is 12.2. The molecule has 0 spiro atoms. The van der Waals surface area contributed by atoms with E-state index in [4.69, 9.17) is 5.26 Å². The van der Waals surface area contributed by atoms with Gasteiger partial charge in [-0.1, -0.05) is 12.1 Å². The van der Waals surface area contributed by atoms with Crippen LogP contribution < -0.4 is 5.32 Å². The Morgan fingerprint density at radius 1 is 1.50 bits per heavy atom. The van der Waals surface area contributed by atoms with Gasteiger partial charge in [0.2, 0.25) is 0 Å². The molecule has 0 bridgehead atoms. The molecule has 1 atom stereocenters. The lowest BCUT2D eigenvalue weighted by molar-refractivity contribution is 0.588. The molecule has 1 unspecified atom stereocenters. The van der Waals surface area contributed by atoms with Gasteiger partial charge < -0.3 is 5.32 Å². The van der Waals surface area contributed by atoms with Gasteiger partial charge in [0.15, 0.2) is 0 Å². The van der Waals surface area contributed by atoms with Gasteiger partial charge in [-0.25, -0.2) is 14.1 Å². The fraction of sp³-hybridized carbons (Fsp3) is 0.250. The zero-order chi connectivity index (χ0) is 13.1. The summed E-state index contributed by atoms with van der Waals surface area (Å²) in [6, 6.07) is 6.59. The number of nitrogens with zero attached hydrogens (tertiary/aromatic N) is 4. The summed E-state index contributed by atoms with van der Waals surface area (Å²) in [6.07, 6.45) is 1.34. The van der Waals surface area contributed by atoms with Crippen LogP contribution in [0.3, 0.4) is 0 Å². The van der Waals surface area contributed by atoms with Crippen molar-refractivity contribution >= 4 is 0 Å². The minimum absolute atomic E-state index is 0.0151. The number of rotatable bonds is 3. The quantitative estimate of drug-likeness (QED) is 0.891. The Balaban J connectivity index is 2.58.